The molecule has 7 nitrogen and oxygen atoms in total. The molecule has 0 aromatic rings. The van der Waals surface area contributed by atoms with Gasteiger partial charge in [0.15, 0.2) is 5.78 Å². The fourth-order valence-corrected chi connectivity index (χ4v) is 4.61. The summed E-state index contributed by atoms with van der Waals surface area (Å²) in [6.45, 7) is 15.6. The van der Waals surface area contributed by atoms with Crippen LogP contribution in [0.3, 0.4) is 0 Å². The van der Waals surface area contributed by atoms with Crippen LogP contribution in [-0.2, 0) is 14.4 Å². The van der Waals surface area contributed by atoms with Crippen LogP contribution in [0.15, 0.2) is 12.2 Å². The van der Waals surface area contributed by atoms with E-state index < -0.39 is 0 Å². The predicted octanol–water partition coefficient (Wildman–Crippen LogP) is 2.97. The second-order valence-electron chi connectivity index (χ2n) is 11.3. The Hall–Kier alpha value is -1.41. The van der Waals surface area contributed by atoms with E-state index in [2.05, 4.69) is 6.92 Å². The molecule has 202 valence electrons. The SMILES string of the molecule is CC1C(=O)CC(O)C1C.CC1C(=O)CC(O)C1C.CC1C(O)CC(O)C1C.CC1C=CC(=O)C1C. The summed E-state index contributed by atoms with van der Waals surface area (Å²) in [4.78, 5) is 32.4. The number of rotatable bonds is 0. The molecule has 0 bridgehead atoms. The Morgan fingerprint density at radius 1 is 0.571 bits per heavy atom. The standard InChI is InChI=1S/C7H14O2.2C7H12O2.C7H10O/c3*1-4-5(2)7(9)3-6(4)8;1-5-3-4-7(8)6(5)2/h4-9H,3H2,1-2H3;2*4-6,8H,3H2,1-2H3;3-6H,1-2H3. The van der Waals surface area contributed by atoms with Crippen LogP contribution in [0.2, 0.25) is 0 Å². The number of aliphatic hydroxyl groups excluding tert-OH is 4. The van der Waals surface area contributed by atoms with Crippen molar-refractivity contribution in [1.29, 1.82) is 0 Å². The zero-order chi connectivity index (χ0) is 27.2. The van der Waals surface area contributed by atoms with Crippen molar-refractivity contribution in [3.8, 4) is 0 Å². The topological polar surface area (TPSA) is 132 Å². The molecule has 3 saturated carbocycles. The molecule has 3 fully saturated rings. The van der Waals surface area contributed by atoms with E-state index in [0.29, 0.717) is 25.2 Å². The summed E-state index contributed by atoms with van der Waals surface area (Å²) in [5.41, 5.74) is 0. The highest BCUT2D eigenvalue weighted by molar-refractivity contribution is 5.94. The van der Waals surface area contributed by atoms with Gasteiger partial charge in [0.2, 0.25) is 0 Å². The number of allylic oxidation sites excluding steroid dienone is 2. The third-order valence-corrected chi connectivity index (χ3v) is 8.96. The predicted molar refractivity (Wildman–Crippen MR) is 135 cm³/mol. The molecular weight excluding hydrogens is 448 g/mol. The number of carbonyl (C=O) groups is 3. The summed E-state index contributed by atoms with van der Waals surface area (Å²) >= 11 is 0. The maximum Gasteiger partial charge on any atom is 0.158 e. The van der Waals surface area contributed by atoms with Crippen LogP contribution in [0, 0.1) is 47.3 Å². The fraction of sp³-hybridized carbons (Fsp3) is 0.821. The van der Waals surface area contributed by atoms with Gasteiger partial charge >= 0.3 is 0 Å². The van der Waals surface area contributed by atoms with E-state index in [-0.39, 0.29) is 83.2 Å². The van der Waals surface area contributed by atoms with Gasteiger partial charge in [-0.25, -0.2) is 0 Å². The number of ketones is 3. The van der Waals surface area contributed by atoms with Crippen LogP contribution in [0.4, 0.5) is 0 Å². The third kappa shape index (κ3) is 8.59. The second kappa shape index (κ2) is 13.8. The Kier molecular flexibility index (Phi) is 12.4. The van der Waals surface area contributed by atoms with E-state index in [1.54, 1.807) is 6.08 Å². The van der Waals surface area contributed by atoms with Crippen molar-refractivity contribution in [2.24, 2.45) is 47.3 Å². The number of hydrogen-bond donors (Lipinski definition) is 4. The van der Waals surface area contributed by atoms with Gasteiger partial charge in [0, 0.05) is 30.6 Å². The van der Waals surface area contributed by atoms with Crippen LogP contribution >= 0.6 is 0 Å². The first-order valence-electron chi connectivity index (χ1n) is 13.1. The molecule has 0 aliphatic heterocycles. The molecule has 4 aliphatic rings. The summed E-state index contributed by atoms with van der Waals surface area (Å²) in [7, 11) is 0. The quantitative estimate of drug-likeness (QED) is 0.405. The van der Waals surface area contributed by atoms with Gasteiger partial charge in [-0.05, 0) is 42.1 Å². The Bertz CT molecular complexity index is 704. The number of aliphatic hydroxyl groups is 4. The van der Waals surface area contributed by atoms with Gasteiger partial charge in [-0.1, -0.05) is 61.5 Å². The van der Waals surface area contributed by atoms with Gasteiger partial charge < -0.3 is 20.4 Å². The first-order chi connectivity index (χ1) is 16.1. The highest BCUT2D eigenvalue weighted by Crippen LogP contribution is 2.31. The summed E-state index contributed by atoms with van der Waals surface area (Å²) in [6, 6.07) is 0. The van der Waals surface area contributed by atoms with Crippen LogP contribution in [0.1, 0.15) is 74.7 Å². The van der Waals surface area contributed by atoms with E-state index in [4.69, 9.17) is 10.2 Å². The van der Waals surface area contributed by atoms with Crippen LogP contribution < -0.4 is 0 Å². The van der Waals surface area contributed by atoms with Crippen molar-refractivity contribution in [2.75, 3.05) is 0 Å². The summed E-state index contributed by atoms with van der Waals surface area (Å²) in [5, 5.41) is 36.6. The molecule has 0 aromatic carbocycles. The van der Waals surface area contributed by atoms with Gasteiger partial charge in [-0.15, -0.1) is 0 Å². The van der Waals surface area contributed by atoms with Crippen molar-refractivity contribution >= 4 is 17.3 Å². The van der Waals surface area contributed by atoms with Gasteiger partial charge in [0.25, 0.3) is 0 Å². The first-order valence-corrected chi connectivity index (χ1v) is 13.1. The van der Waals surface area contributed by atoms with E-state index in [1.807, 2.05) is 54.5 Å². The van der Waals surface area contributed by atoms with E-state index in [0.717, 1.165) is 0 Å². The lowest BCUT2D eigenvalue weighted by atomic mass is 9.98. The highest BCUT2D eigenvalue weighted by atomic mass is 16.3. The zero-order valence-electron chi connectivity index (χ0n) is 22.7. The summed E-state index contributed by atoms with van der Waals surface area (Å²) in [5.74, 6) is 2.37. The maximum absolute atomic E-state index is 10.8. The minimum Gasteiger partial charge on any atom is -0.393 e. The molecule has 12 unspecified atom stereocenters. The lowest BCUT2D eigenvalue weighted by Crippen LogP contribution is -2.15. The molecule has 0 aromatic heterocycles. The number of carbonyl (C=O) groups excluding carboxylic acids is 3. The molecular formula is C28H48O7. The molecule has 0 amide bonds. The third-order valence-electron chi connectivity index (χ3n) is 8.96. The normalized spacial score (nSPS) is 44.3. The van der Waals surface area contributed by atoms with Crippen molar-refractivity contribution in [2.45, 2.75) is 99.1 Å². The van der Waals surface area contributed by atoms with Crippen molar-refractivity contribution < 1.29 is 34.8 Å². The molecule has 4 rings (SSSR count). The Morgan fingerprint density at radius 3 is 1.03 bits per heavy atom. The minimum atomic E-state index is -0.382. The van der Waals surface area contributed by atoms with Crippen molar-refractivity contribution in [3.05, 3.63) is 12.2 Å². The Labute approximate surface area is 211 Å². The number of hydrogen-bond acceptors (Lipinski definition) is 7. The molecule has 4 N–H and O–H groups in total. The molecule has 0 heterocycles. The fourth-order valence-electron chi connectivity index (χ4n) is 4.61. The van der Waals surface area contributed by atoms with Gasteiger partial charge in [0.1, 0.15) is 11.6 Å². The van der Waals surface area contributed by atoms with Gasteiger partial charge in [-0.3, -0.25) is 14.4 Å². The Morgan fingerprint density at radius 2 is 0.943 bits per heavy atom. The maximum atomic E-state index is 10.8. The van der Waals surface area contributed by atoms with E-state index >= 15 is 0 Å². The Balaban J connectivity index is 0.000000234. The van der Waals surface area contributed by atoms with Crippen LogP contribution in [0.5, 0.6) is 0 Å². The smallest absolute Gasteiger partial charge is 0.158 e. The second-order valence-corrected chi connectivity index (χ2v) is 11.3. The zero-order valence-corrected chi connectivity index (χ0v) is 22.7. The lowest BCUT2D eigenvalue weighted by molar-refractivity contribution is -0.121. The van der Waals surface area contributed by atoms with Crippen LogP contribution in [0.25, 0.3) is 0 Å². The van der Waals surface area contributed by atoms with Crippen molar-refractivity contribution in [1.82, 2.24) is 0 Å². The number of Topliss-reactive ketones (excluding diaryl/α,β-unsaturated/α-hetero) is 2. The average molecular weight is 497 g/mol. The largest absolute Gasteiger partial charge is 0.393 e. The van der Waals surface area contributed by atoms with E-state index in [1.165, 1.54) is 0 Å². The summed E-state index contributed by atoms with van der Waals surface area (Å²) < 4.78 is 0. The monoisotopic (exact) mass is 496 g/mol. The van der Waals surface area contributed by atoms with Crippen molar-refractivity contribution in [3.63, 3.8) is 0 Å². The molecule has 7 heteroatoms. The molecule has 35 heavy (non-hydrogen) atoms. The molecule has 0 spiro atoms. The molecule has 0 radical (unpaired) electrons. The highest BCUT2D eigenvalue weighted by Gasteiger charge is 2.36. The van der Waals surface area contributed by atoms with E-state index in [9.17, 15) is 24.6 Å². The average Bonchev–Trinajstić information content (AvgIpc) is 3.39. The molecule has 0 saturated heterocycles. The first kappa shape index (κ1) is 31.6. The summed E-state index contributed by atoms with van der Waals surface area (Å²) in [6.07, 6.45) is 3.60. The molecule has 4 aliphatic carbocycles. The molecule has 12 atom stereocenters. The van der Waals surface area contributed by atoms with Crippen LogP contribution in [-0.4, -0.2) is 62.2 Å². The van der Waals surface area contributed by atoms with Gasteiger partial charge in [0.05, 0.1) is 24.4 Å². The lowest BCUT2D eigenvalue weighted by Gasteiger charge is -2.12. The van der Waals surface area contributed by atoms with Gasteiger partial charge in [-0.2, -0.15) is 0 Å². The minimum absolute atomic E-state index is 0.0694.